The van der Waals surface area contributed by atoms with E-state index in [0.717, 1.165) is 58.4 Å². The first-order chi connectivity index (χ1) is 18.6. The van der Waals surface area contributed by atoms with E-state index in [1.807, 2.05) is 47.0 Å². The number of pyridine rings is 1. The van der Waals surface area contributed by atoms with Crippen molar-refractivity contribution in [2.24, 2.45) is 7.05 Å². The van der Waals surface area contributed by atoms with Crippen molar-refractivity contribution in [3.63, 3.8) is 0 Å². The van der Waals surface area contributed by atoms with Crippen molar-refractivity contribution in [3.05, 3.63) is 59.2 Å². The molecule has 1 atom stereocenters. The summed E-state index contributed by atoms with van der Waals surface area (Å²) in [4.78, 5) is 17.0. The second kappa shape index (κ2) is 10.4. The Hall–Kier alpha value is -4.02. The van der Waals surface area contributed by atoms with Gasteiger partial charge in [-0.2, -0.15) is 10.2 Å². The van der Waals surface area contributed by atoms with Crippen LogP contribution in [0.2, 0.25) is 0 Å². The average Bonchev–Trinajstić information content (AvgIpc) is 3.51. The van der Waals surface area contributed by atoms with Gasteiger partial charge >= 0.3 is 5.97 Å². The molecule has 1 saturated heterocycles. The molecule has 0 aliphatic carbocycles. The highest BCUT2D eigenvalue weighted by atomic mass is 16.5. The molecule has 10 nitrogen and oxygen atoms in total. The first-order valence-corrected chi connectivity index (χ1v) is 12.7. The molecule has 0 spiro atoms. The Labute approximate surface area is 219 Å². The van der Waals surface area contributed by atoms with Crippen LogP contribution in [0.5, 0.6) is 5.75 Å². The maximum Gasteiger partial charge on any atom is 0.337 e. The van der Waals surface area contributed by atoms with E-state index in [1.165, 1.54) is 7.11 Å². The van der Waals surface area contributed by atoms with Crippen molar-refractivity contribution in [2.45, 2.75) is 32.1 Å². The van der Waals surface area contributed by atoms with Crippen LogP contribution in [0.15, 0.2) is 36.7 Å². The third-order valence-corrected chi connectivity index (χ3v) is 6.96. The third kappa shape index (κ3) is 4.57. The number of aryl methyl sites for hydroxylation is 1. The summed E-state index contributed by atoms with van der Waals surface area (Å²) in [5, 5.41) is 10.4. The summed E-state index contributed by atoms with van der Waals surface area (Å²) >= 11 is 0. The lowest BCUT2D eigenvalue weighted by Crippen LogP contribution is -2.19. The van der Waals surface area contributed by atoms with Crippen LogP contribution in [0.25, 0.3) is 34.3 Å². The highest BCUT2D eigenvalue weighted by molar-refractivity contribution is 5.94. The standard InChI is InChI=1S/C28H29N5O5/c1-32-25-17-36-11-12-37-26-9-7-19(28(34)35-2)13-18(26)6-8-22-20-14-23(21(25)15-30-32)29-16-24(20)33(31-22)27-5-3-4-10-38-27/h6-9,13-16,27H,3-5,10-12,17H2,1-2H3/b8-6+. The van der Waals surface area contributed by atoms with Crippen molar-refractivity contribution in [1.82, 2.24) is 24.5 Å². The number of esters is 1. The number of benzene rings is 1. The van der Waals surface area contributed by atoms with Crippen LogP contribution >= 0.6 is 0 Å². The van der Waals surface area contributed by atoms with Gasteiger partial charge < -0.3 is 18.9 Å². The Morgan fingerprint density at radius 1 is 1.11 bits per heavy atom. The van der Waals surface area contributed by atoms with Gasteiger partial charge in [-0.1, -0.05) is 0 Å². The summed E-state index contributed by atoms with van der Waals surface area (Å²) in [5.74, 6) is 0.224. The summed E-state index contributed by atoms with van der Waals surface area (Å²) in [7, 11) is 3.26. The minimum atomic E-state index is -0.410. The smallest absolute Gasteiger partial charge is 0.337 e. The van der Waals surface area contributed by atoms with Gasteiger partial charge in [-0.05, 0) is 55.7 Å². The van der Waals surface area contributed by atoms with Gasteiger partial charge in [0.1, 0.15) is 12.4 Å². The summed E-state index contributed by atoms with van der Waals surface area (Å²) < 4.78 is 26.7. The zero-order chi connectivity index (χ0) is 26.1. The molecular formula is C28H29N5O5. The van der Waals surface area contributed by atoms with Crippen molar-refractivity contribution in [2.75, 3.05) is 26.9 Å². The van der Waals surface area contributed by atoms with Gasteiger partial charge in [0.25, 0.3) is 0 Å². The van der Waals surface area contributed by atoms with Crippen LogP contribution in [0.4, 0.5) is 0 Å². The molecule has 0 saturated carbocycles. The maximum absolute atomic E-state index is 12.2. The fraction of sp³-hybridized carbons (Fsp3) is 0.357. The first kappa shape index (κ1) is 24.3. The number of carbonyl (C=O) groups is 1. The lowest BCUT2D eigenvalue weighted by molar-refractivity contribution is -0.0367. The number of methoxy groups -OCH3 is 1. The second-order valence-electron chi connectivity index (χ2n) is 9.34. The van der Waals surface area contributed by atoms with E-state index in [2.05, 4.69) is 5.10 Å². The van der Waals surface area contributed by atoms with Gasteiger partial charge in [-0.15, -0.1) is 0 Å². The minimum absolute atomic E-state index is 0.143. The Morgan fingerprint density at radius 2 is 2.03 bits per heavy atom. The molecule has 3 aromatic heterocycles. The van der Waals surface area contributed by atoms with E-state index in [-0.39, 0.29) is 6.23 Å². The predicted molar refractivity (Wildman–Crippen MR) is 140 cm³/mol. The minimum Gasteiger partial charge on any atom is -0.491 e. The van der Waals surface area contributed by atoms with Crippen molar-refractivity contribution in [3.8, 4) is 17.0 Å². The largest absolute Gasteiger partial charge is 0.491 e. The van der Waals surface area contributed by atoms with E-state index >= 15 is 0 Å². The molecule has 0 radical (unpaired) electrons. The number of carbonyl (C=O) groups excluding carboxylic acids is 1. The zero-order valence-corrected chi connectivity index (χ0v) is 21.4. The number of nitrogens with zero attached hydrogens (tertiary/aromatic N) is 5. The number of rotatable bonds is 2. The van der Waals surface area contributed by atoms with Crippen molar-refractivity contribution >= 4 is 29.0 Å². The Morgan fingerprint density at radius 3 is 2.87 bits per heavy atom. The molecule has 196 valence electrons. The maximum atomic E-state index is 12.2. The van der Waals surface area contributed by atoms with Gasteiger partial charge in [0.15, 0.2) is 6.23 Å². The number of hydrogen-bond donors (Lipinski definition) is 0. The Kier molecular flexibility index (Phi) is 6.65. The van der Waals surface area contributed by atoms with Crippen LogP contribution < -0.4 is 4.74 Å². The quantitative estimate of drug-likeness (QED) is 0.362. The molecule has 0 amide bonds. The van der Waals surface area contributed by atoms with Gasteiger partial charge in [-0.3, -0.25) is 9.67 Å². The first-order valence-electron chi connectivity index (χ1n) is 12.7. The van der Waals surface area contributed by atoms with Crippen molar-refractivity contribution in [1.29, 1.82) is 0 Å². The monoisotopic (exact) mass is 515 g/mol. The van der Waals surface area contributed by atoms with E-state index in [9.17, 15) is 4.79 Å². The van der Waals surface area contributed by atoms with E-state index in [1.54, 1.807) is 18.2 Å². The molecule has 2 bridgehead atoms. The molecule has 38 heavy (non-hydrogen) atoms. The van der Waals surface area contributed by atoms with Crippen LogP contribution in [0, 0.1) is 0 Å². The van der Waals surface area contributed by atoms with Crippen LogP contribution in [0.3, 0.4) is 0 Å². The fourth-order valence-corrected chi connectivity index (χ4v) is 4.92. The van der Waals surface area contributed by atoms with Gasteiger partial charge in [-0.25, -0.2) is 9.48 Å². The summed E-state index contributed by atoms with van der Waals surface area (Å²) in [6.45, 7) is 1.80. The van der Waals surface area contributed by atoms with Crippen LogP contribution in [-0.2, 0) is 27.9 Å². The van der Waals surface area contributed by atoms with Crippen LogP contribution in [-0.4, -0.2) is 57.4 Å². The molecule has 6 rings (SSSR count). The second-order valence-corrected chi connectivity index (χ2v) is 9.34. The summed E-state index contributed by atoms with van der Waals surface area (Å²) in [5.41, 5.74) is 5.47. The van der Waals surface area contributed by atoms with E-state index < -0.39 is 5.97 Å². The molecular weight excluding hydrogens is 486 g/mol. The normalized spacial score (nSPS) is 18.6. The molecule has 4 aromatic rings. The number of hydrogen-bond acceptors (Lipinski definition) is 8. The SMILES string of the molecule is COC(=O)c1ccc2c(c1)/C=C/c1nn(C3CCCCO3)c3cnc(cc13)-c1cnn(C)c1COCCO2. The van der Waals surface area contributed by atoms with Gasteiger partial charge in [0.2, 0.25) is 0 Å². The van der Waals surface area contributed by atoms with Gasteiger partial charge in [0, 0.05) is 30.2 Å². The lowest BCUT2D eigenvalue weighted by atomic mass is 10.1. The Bertz CT molecular complexity index is 1520. The molecule has 1 unspecified atom stereocenters. The van der Waals surface area contributed by atoms with Gasteiger partial charge in [0.05, 0.1) is 60.9 Å². The molecule has 5 heterocycles. The fourth-order valence-electron chi connectivity index (χ4n) is 4.92. The Balaban J connectivity index is 1.51. The number of aromatic nitrogens is 5. The molecule has 1 aromatic carbocycles. The van der Waals surface area contributed by atoms with Crippen LogP contribution in [0.1, 0.15) is 52.8 Å². The molecule has 0 N–H and O–H groups in total. The molecule has 2 aliphatic heterocycles. The highest BCUT2D eigenvalue weighted by Gasteiger charge is 2.22. The lowest BCUT2D eigenvalue weighted by Gasteiger charge is -2.23. The average molecular weight is 516 g/mol. The molecule has 1 fully saturated rings. The highest BCUT2D eigenvalue weighted by Crippen LogP contribution is 2.33. The zero-order valence-electron chi connectivity index (χ0n) is 21.4. The predicted octanol–water partition coefficient (Wildman–Crippen LogP) is 4.40. The summed E-state index contributed by atoms with van der Waals surface area (Å²) in [6.07, 6.45) is 10.4. The third-order valence-electron chi connectivity index (χ3n) is 6.96. The number of fused-ring (bicyclic) bond motifs is 4. The summed E-state index contributed by atoms with van der Waals surface area (Å²) in [6, 6.07) is 7.27. The van der Waals surface area contributed by atoms with E-state index in [0.29, 0.717) is 37.7 Å². The topological polar surface area (TPSA) is 103 Å². The number of ether oxygens (including phenoxy) is 4. The van der Waals surface area contributed by atoms with Crippen molar-refractivity contribution < 1.29 is 23.7 Å². The molecule has 10 heteroatoms. The molecule has 2 aliphatic rings. The van der Waals surface area contributed by atoms with E-state index in [4.69, 9.17) is 29.0 Å².